The number of ether oxygens (including phenoxy) is 3. The summed E-state index contributed by atoms with van der Waals surface area (Å²) in [6, 6.07) is -0.0988. The number of amides is 1. The summed E-state index contributed by atoms with van der Waals surface area (Å²) in [6.07, 6.45) is 14.8. The molecule has 3 heterocycles. The minimum absolute atomic E-state index is 0.0449. The van der Waals surface area contributed by atoms with E-state index < -0.39 is 17.8 Å². The Balaban J connectivity index is 1.58. The van der Waals surface area contributed by atoms with Crippen molar-refractivity contribution < 1.29 is 24.1 Å². The number of terminal acetylenes is 1. The van der Waals surface area contributed by atoms with Gasteiger partial charge in [0.05, 0.1) is 24.2 Å². The second kappa shape index (κ2) is 12.2. The normalized spacial score (nSPS) is 35.2. The first-order valence-electron chi connectivity index (χ1n) is 13.3. The van der Waals surface area contributed by atoms with Crippen LogP contribution in [0.1, 0.15) is 73.6 Å². The largest absolute Gasteiger partial charge is 0.468 e. The number of rotatable bonds is 7. The molecule has 200 valence electrons. The lowest BCUT2D eigenvalue weighted by molar-refractivity contribution is -0.321. The van der Waals surface area contributed by atoms with E-state index in [0.717, 1.165) is 37.7 Å². The molecule has 3 saturated heterocycles. The van der Waals surface area contributed by atoms with Gasteiger partial charge in [-0.25, -0.2) is 0 Å². The number of carbonyl (C=O) groups excluding carboxylic acids is 1. The fourth-order valence-corrected chi connectivity index (χ4v) is 5.47. The first-order valence-corrected chi connectivity index (χ1v) is 13.7. The molecule has 3 rings (SSSR count). The van der Waals surface area contributed by atoms with E-state index >= 15 is 0 Å². The van der Waals surface area contributed by atoms with Gasteiger partial charge in [0.1, 0.15) is 12.7 Å². The highest BCUT2D eigenvalue weighted by molar-refractivity contribution is 7.80. The fraction of sp³-hybridized carbons (Fsp3) is 0.724. The van der Waals surface area contributed by atoms with E-state index in [1.165, 1.54) is 4.90 Å². The maximum atomic E-state index is 13.0. The van der Waals surface area contributed by atoms with Crippen LogP contribution in [0.5, 0.6) is 0 Å². The van der Waals surface area contributed by atoms with Crippen LogP contribution in [-0.4, -0.2) is 57.8 Å². The van der Waals surface area contributed by atoms with Crippen molar-refractivity contribution in [3.63, 3.8) is 0 Å². The van der Waals surface area contributed by atoms with Crippen LogP contribution in [0, 0.1) is 36.0 Å². The van der Waals surface area contributed by atoms with Gasteiger partial charge in [-0.05, 0) is 56.2 Å². The molecule has 6 nitrogen and oxygen atoms in total. The molecular weight excluding hydrogens is 474 g/mol. The molecule has 0 aromatic heterocycles. The Morgan fingerprint density at radius 2 is 1.92 bits per heavy atom. The predicted octanol–water partition coefficient (Wildman–Crippen LogP) is 5.00. The predicted molar refractivity (Wildman–Crippen MR) is 145 cm³/mol. The molecule has 3 aliphatic heterocycles. The van der Waals surface area contributed by atoms with Gasteiger partial charge in [0, 0.05) is 12.8 Å². The maximum Gasteiger partial charge on any atom is 0.266 e. The van der Waals surface area contributed by atoms with E-state index in [0.29, 0.717) is 18.4 Å². The van der Waals surface area contributed by atoms with E-state index in [1.54, 1.807) is 13.0 Å². The van der Waals surface area contributed by atoms with Crippen LogP contribution < -0.4 is 0 Å². The Hall–Kier alpha value is -1.72. The van der Waals surface area contributed by atoms with Crippen LogP contribution in [-0.2, 0) is 19.0 Å². The second-order valence-corrected chi connectivity index (χ2v) is 11.6. The Bertz CT molecular complexity index is 904. The minimum Gasteiger partial charge on any atom is -0.468 e. The average Bonchev–Trinajstić information content (AvgIpc) is 3.25. The lowest BCUT2D eigenvalue weighted by Gasteiger charge is -2.48. The first-order chi connectivity index (χ1) is 17.0. The standard InChI is InChI=1S/C29H43NO5S/c1-8-25-20(5)13-15-29(34-25)16-14-21(6)26(35-29)12-10-19(4)9-11-24(31)22(7)27(32)30-23(18(2)3)17-33-28(30)36/h1,9-11,18,20-26,31H,12-17H2,2-7H3/b11-9+,19-10+/t20-,21+,22-,23-,24+,25-,26-,29+/m1/s1. The van der Waals surface area contributed by atoms with E-state index in [9.17, 15) is 9.90 Å². The average molecular weight is 518 g/mol. The molecule has 1 spiro atoms. The Morgan fingerprint density at radius 1 is 1.25 bits per heavy atom. The number of nitrogens with zero attached hydrogens (tertiary/aromatic N) is 1. The quantitative estimate of drug-likeness (QED) is 0.291. The molecule has 0 aliphatic carbocycles. The monoisotopic (exact) mass is 517 g/mol. The molecule has 7 heteroatoms. The van der Waals surface area contributed by atoms with Gasteiger partial charge < -0.3 is 19.3 Å². The molecule has 0 unspecified atom stereocenters. The third-order valence-electron chi connectivity index (χ3n) is 8.03. The number of hydrogen-bond donors (Lipinski definition) is 1. The highest BCUT2D eigenvalue weighted by atomic mass is 32.1. The van der Waals surface area contributed by atoms with Crippen LogP contribution >= 0.6 is 12.2 Å². The van der Waals surface area contributed by atoms with Gasteiger partial charge in [0.2, 0.25) is 5.91 Å². The summed E-state index contributed by atoms with van der Waals surface area (Å²) in [5.74, 6) is 2.34. The van der Waals surface area contributed by atoms with Gasteiger partial charge in [0.25, 0.3) is 5.17 Å². The van der Waals surface area contributed by atoms with Gasteiger partial charge in [0.15, 0.2) is 5.79 Å². The number of aliphatic hydroxyl groups is 1. The molecule has 0 saturated carbocycles. The lowest BCUT2D eigenvalue weighted by Crippen LogP contribution is -2.51. The topological polar surface area (TPSA) is 68.2 Å². The Morgan fingerprint density at radius 3 is 2.56 bits per heavy atom. The van der Waals surface area contributed by atoms with Crippen LogP contribution in [0.4, 0.5) is 0 Å². The summed E-state index contributed by atoms with van der Waals surface area (Å²) in [6.45, 7) is 12.5. The molecule has 0 radical (unpaired) electrons. The second-order valence-electron chi connectivity index (χ2n) is 11.2. The van der Waals surface area contributed by atoms with Crippen molar-refractivity contribution in [2.45, 2.75) is 104 Å². The third-order valence-corrected chi connectivity index (χ3v) is 8.34. The summed E-state index contributed by atoms with van der Waals surface area (Å²) < 4.78 is 18.3. The van der Waals surface area contributed by atoms with Crippen molar-refractivity contribution in [1.29, 1.82) is 0 Å². The van der Waals surface area contributed by atoms with Gasteiger partial charge in [-0.3, -0.25) is 9.69 Å². The molecule has 1 amide bonds. The van der Waals surface area contributed by atoms with E-state index in [1.807, 2.05) is 26.8 Å². The van der Waals surface area contributed by atoms with Gasteiger partial charge in [-0.2, -0.15) is 0 Å². The van der Waals surface area contributed by atoms with Crippen molar-refractivity contribution in [1.82, 2.24) is 4.90 Å². The van der Waals surface area contributed by atoms with Crippen molar-refractivity contribution >= 4 is 23.3 Å². The van der Waals surface area contributed by atoms with Gasteiger partial charge in [-0.15, -0.1) is 6.42 Å². The zero-order valence-electron chi connectivity index (χ0n) is 22.6. The molecule has 3 aliphatic rings. The minimum atomic E-state index is -0.927. The van der Waals surface area contributed by atoms with Crippen LogP contribution in [0.2, 0.25) is 0 Å². The first kappa shape index (κ1) is 28.8. The molecule has 1 N–H and O–H groups in total. The lowest BCUT2D eigenvalue weighted by atomic mass is 9.84. The van der Waals surface area contributed by atoms with Crippen molar-refractivity contribution in [2.75, 3.05) is 6.61 Å². The van der Waals surface area contributed by atoms with Crippen molar-refractivity contribution in [3.05, 3.63) is 23.8 Å². The summed E-state index contributed by atoms with van der Waals surface area (Å²) in [5, 5.41) is 10.9. The molecule has 0 aromatic rings. The molecular formula is C29H43NO5S. The SMILES string of the molecule is C#C[C@H]1O[C@]2(CC[C@H]1C)CC[C@H](C)[C@@H](C/C=C(C)/C=C/[C@H](O)[C@@H](C)C(=O)N1C(=S)OC[C@@H]1C(C)C)O2. The fourth-order valence-electron chi connectivity index (χ4n) is 5.17. The smallest absolute Gasteiger partial charge is 0.266 e. The van der Waals surface area contributed by atoms with E-state index in [2.05, 4.69) is 25.8 Å². The third kappa shape index (κ3) is 6.58. The van der Waals surface area contributed by atoms with E-state index in [4.69, 9.17) is 32.9 Å². The number of thiocarbonyl (C=S) groups is 1. The number of hydrogen-bond acceptors (Lipinski definition) is 6. The highest BCUT2D eigenvalue weighted by Crippen LogP contribution is 2.43. The number of allylic oxidation sites excluding steroid dienone is 2. The molecule has 36 heavy (non-hydrogen) atoms. The van der Waals surface area contributed by atoms with E-state index in [-0.39, 0.29) is 35.2 Å². The van der Waals surface area contributed by atoms with Gasteiger partial charge >= 0.3 is 0 Å². The number of aliphatic hydroxyl groups excluding tert-OH is 1. The summed E-state index contributed by atoms with van der Waals surface area (Å²) in [4.78, 5) is 14.6. The number of carbonyl (C=O) groups is 1. The van der Waals surface area contributed by atoms with Crippen molar-refractivity contribution in [2.24, 2.45) is 23.7 Å². The summed E-state index contributed by atoms with van der Waals surface area (Å²) in [5.41, 5.74) is 1.00. The van der Waals surface area contributed by atoms with Crippen LogP contribution in [0.15, 0.2) is 23.8 Å². The molecule has 0 bridgehead atoms. The highest BCUT2D eigenvalue weighted by Gasteiger charge is 2.46. The zero-order valence-corrected chi connectivity index (χ0v) is 23.4. The Labute approximate surface area is 222 Å². The maximum absolute atomic E-state index is 13.0. The van der Waals surface area contributed by atoms with Crippen LogP contribution in [0.25, 0.3) is 0 Å². The zero-order chi connectivity index (χ0) is 26.6. The molecule has 3 fully saturated rings. The Kier molecular flexibility index (Phi) is 9.79. The van der Waals surface area contributed by atoms with Crippen LogP contribution in [0.3, 0.4) is 0 Å². The van der Waals surface area contributed by atoms with Gasteiger partial charge in [-0.1, -0.05) is 64.3 Å². The summed E-state index contributed by atoms with van der Waals surface area (Å²) in [7, 11) is 0. The molecule has 0 aromatic carbocycles. The molecule has 8 atom stereocenters. The van der Waals surface area contributed by atoms with Crippen molar-refractivity contribution in [3.8, 4) is 12.3 Å². The summed E-state index contributed by atoms with van der Waals surface area (Å²) >= 11 is 5.24.